The van der Waals surface area contributed by atoms with Crippen molar-refractivity contribution in [2.45, 2.75) is 26.7 Å². The van der Waals surface area contributed by atoms with Crippen LogP contribution in [0.25, 0.3) is 10.1 Å². The Morgan fingerprint density at radius 3 is 2.55 bits per heavy atom. The maximum Gasteiger partial charge on any atom is 0.207 e. The highest BCUT2D eigenvalue weighted by Gasteiger charge is 2.23. The van der Waals surface area contributed by atoms with E-state index in [0.717, 1.165) is 45.8 Å². The smallest absolute Gasteiger partial charge is 0.207 e. The zero-order chi connectivity index (χ0) is 22.8. The fraction of sp³-hybridized carbons (Fsp3) is 0.276. The third-order valence-electron chi connectivity index (χ3n) is 6.51. The van der Waals surface area contributed by atoms with Crippen LogP contribution in [0, 0.1) is 12.8 Å². The highest BCUT2D eigenvalue weighted by Crippen LogP contribution is 2.41. The van der Waals surface area contributed by atoms with Crippen molar-refractivity contribution >= 4 is 27.2 Å². The molecule has 1 aromatic heterocycles. The van der Waals surface area contributed by atoms with Crippen molar-refractivity contribution in [1.82, 2.24) is 4.90 Å². The molecule has 3 nitrogen and oxygen atoms in total. The number of rotatable bonds is 7. The van der Waals surface area contributed by atoms with Crippen LogP contribution < -0.4 is 4.74 Å². The predicted octanol–water partition coefficient (Wildman–Crippen LogP) is 7.12. The van der Waals surface area contributed by atoms with E-state index in [2.05, 4.69) is 24.0 Å². The van der Waals surface area contributed by atoms with Crippen LogP contribution in [0.15, 0.2) is 72.8 Å². The van der Waals surface area contributed by atoms with Gasteiger partial charge in [-0.25, -0.2) is 0 Å². The molecule has 5 rings (SSSR count). The summed E-state index contributed by atoms with van der Waals surface area (Å²) >= 11 is 1.50. The Kier molecular flexibility index (Phi) is 6.30. The van der Waals surface area contributed by atoms with Gasteiger partial charge < -0.3 is 9.64 Å². The van der Waals surface area contributed by atoms with Crippen molar-refractivity contribution in [3.8, 4) is 11.5 Å². The Morgan fingerprint density at radius 1 is 1.03 bits per heavy atom. The fourth-order valence-electron chi connectivity index (χ4n) is 4.58. The van der Waals surface area contributed by atoms with Gasteiger partial charge in [-0.05, 0) is 67.6 Å². The first-order chi connectivity index (χ1) is 16.1. The van der Waals surface area contributed by atoms with E-state index in [1.165, 1.54) is 36.4 Å². The van der Waals surface area contributed by atoms with E-state index in [-0.39, 0.29) is 5.78 Å². The van der Waals surface area contributed by atoms with Crippen molar-refractivity contribution in [3.63, 3.8) is 0 Å². The van der Waals surface area contributed by atoms with Gasteiger partial charge in [-0.15, -0.1) is 11.3 Å². The number of hydrogen-bond donors (Lipinski definition) is 0. The van der Waals surface area contributed by atoms with E-state index in [9.17, 15) is 4.79 Å². The Morgan fingerprint density at radius 2 is 1.79 bits per heavy atom. The minimum Gasteiger partial charge on any atom is -0.455 e. The van der Waals surface area contributed by atoms with Crippen LogP contribution in [0.3, 0.4) is 0 Å². The number of carbonyl (C=O) groups excluding carboxylic acids is 1. The first-order valence-corrected chi connectivity index (χ1v) is 12.5. The summed E-state index contributed by atoms with van der Waals surface area (Å²) in [6, 6.07) is 24.1. The molecule has 1 aliphatic rings. The quantitative estimate of drug-likeness (QED) is 0.278. The standard InChI is InChI=1S/C29H29NO2S/c1-20-15-17-30(19-20)18-16-22-11-13-23(14-12-22)32-28-25-9-5-6-10-26(25)33-29(28)27(31)24-8-4-3-7-21(24)2/h3-14,20H,15-19H2,1-2H3. The second-order valence-corrected chi connectivity index (χ2v) is 10.1. The molecule has 0 saturated carbocycles. The molecule has 0 spiro atoms. The Labute approximate surface area is 199 Å². The molecule has 1 fully saturated rings. The minimum atomic E-state index is 0.0146. The van der Waals surface area contributed by atoms with Crippen LogP contribution >= 0.6 is 11.3 Å². The van der Waals surface area contributed by atoms with E-state index in [1.807, 2.05) is 67.6 Å². The number of likely N-dealkylation sites (tertiary alicyclic amines) is 1. The van der Waals surface area contributed by atoms with Crippen molar-refractivity contribution in [3.05, 3.63) is 94.4 Å². The highest BCUT2D eigenvalue weighted by atomic mass is 32.1. The second kappa shape index (κ2) is 9.50. The van der Waals surface area contributed by atoms with Crippen molar-refractivity contribution in [2.24, 2.45) is 5.92 Å². The molecule has 33 heavy (non-hydrogen) atoms. The third kappa shape index (κ3) is 4.73. The number of thiophene rings is 1. The van der Waals surface area contributed by atoms with Gasteiger partial charge in [0.2, 0.25) is 5.78 Å². The van der Waals surface area contributed by atoms with Crippen molar-refractivity contribution in [1.29, 1.82) is 0 Å². The number of fused-ring (bicyclic) bond motifs is 1. The van der Waals surface area contributed by atoms with Gasteiger partial charge in [-0.2, -0.15) is 0 Å². The summed E-state index contributed by atoms with van der Waals surface area (Å²) in [4.78, 5) is 16.7. The summed E-state index contributed by atoms with van der Waals surface area (Å²) in [5, 5.41) is 0.978. The topological polar surface area (TPSA) is 29.5 Å². The number of aryl methyl sites for hydroxylation is 1. The van der Waals surface area contributed by atoms with Crippen LogP contribution in [-0.2, 0) is 6.42 Å². The summed E-state index contributed by atoms with van der Waals surface area (Å²) in [6.45, 7) is 7.84. The first-order valence-electron chi connectivity index (χ1n) is 11.7. The first kappa shape index (κ1) is 21.9. The molecule has 0 bridgehead atoms. The normalized spacial score (nSPS) is 16.4. The maximum absolute atomic E-state index is 13.5. The van der Waals surface area contributed by atoms with Crippen LogP contribution in [0.2, 0.25) is 0 Å². The van der Waals surface area contributed by atoms with Crippen LogP contribution in [0.5, 0.6) is 11.5 Å². The Hall–Kier alpha value is -2.95. The average Bonchev–Trinajstić information content (AvgIpc) is 3.42. The molecule has 0 N–H and O–H groups in total. The van der Waals surface area contributed by atoms with E-state index in [4.69, 9.17) is 4.74 Å². The van der Waals surface area contributed by atoms with E-state index in [1.54, 1.807) is 0 Å². The molecule has 4 heteroatoms. The zero-order valence-corrected chi connectivity index (χ0v) is 20.0. The predicted molar refractivity (Wildman–Crippen MR) is 137 cm³/mol. The molecule has 1 unspecified atom stereocenters. The number of benzene rings is 3. The Balaban J connectivity index is 1.39. The lowest BCUT2D eigenvalue weighted by atomic mass is 10.0. The monoisotopic (exact) mass is 455 g/mol. The van der Waals surface area contributed by atoms with E-state index in [0.29, 0.717) is 10.6 Å². The van der Waals surface area contributed by atoms with Crippen LogP contribution in [-0.4, -0.2) is 30.3 Å². The molecular formula is C29H29NO2S. The molecule has 1 atom stereocenters. The zero-order valence-electron chi connectivity index (χ0n) is 19.2. The van der Waals surface area contributed by atoms with Gasteiger partial charge in [0.1, 0.15) is 10.6 Å². The van der Waals surface area contributed by atoms with Gasteiger partial charge in [0, 0.05) is 28.7 Å². The molecule has 0 radical (unpaired) electrons. The van der Waals surface area contributed by atoms with Crippen LogP contribution in [0.1, 0.15) is 39.7 Å². The van der Waals surface area contributed by atoms with Gasteiger partial charge in [-0.1, -0.05) is 55.5 Å². The lowest BCUT2D eigenvalue weighted by Crippen LogP contribution is -2.22. The molecule has 0 aliphatic carbocycles. The molecule has 0 amide bonds. The van der Waals surface area contributed by atoms with Gasteiger partial charge in [0.15, 0.2) is 5.75 Å². The van der Waals surface area contributed by atoms with Gasteiger partial charge in [-0.3, -0.25) is 4.79 Å². The van der Waals surface area contributed by atoms with Gasteiger partial charge in [0.05, 0.1) is 0 Å². The molecule has 3 aromatic carbocycles. The summed E-state index contributed by atoms with van der Waals surface area (Å²) in [5.41, 5.74) is 3.01. The summed E-state index contributed by atoms with van der Waals surface area (Å²) in [5.74, 6) is 2.25. The Bertz CT molecular complexity index is 1270. The largest absolute Gasteiger partial charge is 0.455 e. The second-order valence-electron chi connectivity index (χ2n) is 9.09. The average molecular weight is 456 g/mol. The summed E-state index contributed by atoms with van der Waals surface area (Å²) < 4.78 is 7.43. The number of ketones is 1. The van der Waals surface area contributed by atoms with E-state index < -0.39 is 0 Å². The van der Waals surface area contributed by atoms with Crippen molar-refractivity contribution < 1.29 is 9.53 Å². The molecule has 1 aliphatic heterocycles. The van der Waals surface area contributed by atoms with Crippen LogP contribution in [0.4, 0.5) is 0 Å². The molecular weight excluding hydrogens is 426 g/mol. The van der Waals surface area contributed by atoms with Crippen molar-refractivity contribution in [2.75, 3.05) is 19.6 Å². The number of nitrogens with zero attached hydrogens (tertiary/aromatic N) is 1. The number of carbonyl (C=O) groups is 1. The molecule has 168 valence electrons. The summed E-state index contributed by atoms with van der Waals surface area (Å²) in [6.07, 6.45) is 2.36. The lowest BCUT2D eigenvalue weighted by molar-refractivity contribution is 0.104. The van der Waals surface area contributed by atoms with Gasteiger partial charge in [0.25, 0.3) is 0 Å². The minimum absolute atomic E-state index is 0.0146. The lowest BCUT2D eigenvalue weighted by Gasteiger charge is -2.15. The van der Waals surface area contributed by atoms with E-state index >= 15 is 0 Å². The maximum atomic E-state index is 13.5. The molecule has 1 saturated heterocycles. The molecule has 4 aromatic rings. The summed E-state index contributed by atoms with van der Waals surface area (Å²) in [7, 11) is 0. The van der Waals surface area contributed by atoms with Gasteiger partial charge >= 0.3 is 0 Å². The highest BCUT2D eigenvalue weighted by molar-refractivity contribution is 7.21. The molecule has 2 heterocycles. The SMILES string of the molecule is Cc1ccccc1C(=O)c1sc2ccccc2c1Oc1ccc(CCN2CCC(C)C2)cc1. The third-order valence-corrected chi connectivity index (χ3v) is 7.66. The number of hydrogen-bond acceptors (Lipinski definition) is 4. The number of ether oxygens (including phenoxy) is 1. The fourth-order valence-corrected chi connectivity index (χ4v) is 5.67.